The van der Waals surface area contributed by atoms with E-state index in [1.807, 2.05) is 32.6 Å². The number of amides is 2. The number of alkyl carbamates (subject to hydrolysis) is 1. The molecule has 0 bridgehead atoms. The van der Waals surface area contributed by atoms with Crippen LogP contribution < -0.4 is 5.32 Å². The van der Waals surface area contributed by atoms with Crippen molar-refractivity contribution in [3.63, 3.8) is 0 Å². The first-order valence-electron chi connectivity index (χ1n) is 10.9. The van der Waals surface area contributed by atoms with Crippen molar-refractivity contribution in [1.29, 1.82) is 0 Å². The van der Waals surface area contributed by atoms with Crippen molar-refractivity contribution in [2.45, 2.75) is 78.0 Å². The van der Waals surface area contributed by atoms with E-state index >= 15 is 0 Å². The maximum absolute atomic E-state index is 13.4. The predicted octanol–water partition coefficient (Wildman–Crippen LogP) is 2.50. The van der Waals surface area contributed by atoms with E-state index in [-0.39, 0.29) is 11.8 Å². The Morgan fingerprint density at radius 3 is 2.53 bits per heavy atom. The summed E-state index contributed by atoms with van der Waals surface area (Å²) in [6, 6.07) is 0. The lowest BCUT2D eigenvalue weighted by Crippen LogP contribution is -2.60. The monoisotopic (exact) mass is 421 g/mol. The van der Waals surface area contributed by atoms with Gasteiger partial charge in [-0.3, -0.25) is 9.69 Å². The van der Waals surface area contributed by atoms with Crippen LogP contribution in [0.1, 0.15) is 65.1 Å². The third kappa shape index (κ3) is 5.71. The van der Waals surface area contributed by atoms with Gasteiger partial charge in [-0.15, -0.1) is 0 Å². The van der Waals surface area contributed by atoms with Crippen LogP contribution >= 0.6 is 0 Å². The van der Waals surface area contributed by atoms with Crippen molar-refractivity contribution in [3.05, 3.63) is 11.7 Å². The normalized spacial score (nSPS) is 25.8. The Hall–Kier alpha value is -2.16. The molecule has 1 saturated carbocycles. The molecule has 2 amide bonds. The van der Waals surface area contributed by atoms with E-state index in [1.165, 1.54) is 0 Å². The molecule has 3 rings (SSSR count). The zero-order chi connectivity index (χ0) is 21.9. The van der Waals surface area contributed by atoms with E-state index < -0.39 is 17.2 Å². The van der Waals surface area contributed by atoms with Crippen LogP contribution in [0.3, 0.4) is 0 Å². The topological polar surface area (TPSA) is 101 Å². The van der Waals surface area contributed by atoms with Gasteiger partial charge in [0.15, 0.2) is 5.82 Å². The van der Waals surface area contributed by atoms with Gasteiger partial charge < -0.3 is 19.5 Å². The lowest BCUT2D eigenvalue weighted by Gasteiger charge is -2.44. The number of nitrogens with one attached hydrogen (secondary N) is 1. The summed E-state index contributed by atoms with van der Waals surface area (Å²) in [6.45, 7) is 12.7. The van der Waals surface area contributed by atoms with E-state index in [1.54, 1.807) is 6.92 Å². The highest BCUT2D eigenvalue weighted by Gasteiger charge is 2.44. The van der Waals surface area contributed by atoms with E-state index in [0.29, 0.717) is 31.3 Å². The minimum absolute atomic E-state index is 0.126. The van der Waals surface area contributed by atoms with Gasteiger partial charge in [-0.05, 0) is 47.5 Å². The molecule has 1 aliphatic carbocycles. The first-order chi connectivity index (χ1) is 14.1. The molecule has 30 heavy (non-hydrogen) atoms. The molecule has 1 aromatic heterocycles. The first-order valence-corrected chi connectivity index (χ1v) is 10.9. The average Bonchev–Trinajstić information content (AvgIpc) is 3.05. The standard InChI is InChI=1S/C21H35N5O4/c1-15-22-17(30-24-15)14-25-10-12-26(13-11-25)18(27)16-8-6-7-9-21(16,5)23-19(28)29-20(2,3)4/h16H,6-14H2,1-5H3,(H,23,28)/t16-,21+/m0/s1. The van der Waals surface area contributed by atoms with Gasteiger partial charge in [-0.25, -0.2) is 4.79 Å². The summed E-state index contributed by atoms with van der Waals surface area (Å²) >= 11 is 0. The average molecular weight is 422 g/mol. The van der Waals surface area contributed by atoms with Gasteiger partial charge in [0.1, 0.15) is 5.60 Å². The Balaban J connectivity index is 1.58. The molecule has 9 heteroatoms. The van der Waals surface area contributed by atoms with Gasteiger partial charge in [0, 0.05) is 26.2 Å². The fourth-order valence-electron chi connectivity index (χ4n) is 4.36. The summed E-state index contributed by atoms with van der Waals surface area (Å²) < 4.78 is 10.6. The number of hydrogen-bond donors (Lipinski definition) is 1. The molecule has 2 fully saturated rings. The van der Waals surface area contributed by atoms with Gasteiger partial charge >= 0.3 is 6.09 Å². The number of aromatic nitrogens is 2. The molecule has 1 aliphatic heterocycles. The Bertz CT molecular complexity index is 751. The number of rotatable bonds is 4. The van der Waals surface area contributed by atoms with Gasteiger partial charge in [0.25, 0.3) is 0 Å². The number of piperazine rings is 1. The van der Waals surface area contributed by atoms with E-state index in [2.05, 4.69) is 20.4 Å². The molecule has 1 N–H and O–H groups in total. The summed E-state index contributed by atoms with van der Waals surface area (Å²) in [5.41, 5.74) is -1.15. The Morgan fingerprint density at radius 2 is 1.93 bits per heavy atom. The fourth-order valence-corrected chi connectivity index (χ4v) is 4.36. The quantitative estimate of drug-likeness (QED) is 0.797. The molecule has 2 aliphatic rings. The number of ether oxygens (including phenoxy) is 1. The molecular formula is C21H35N5O4. The van der Waals surface area contributed by atoms with Crippen LogP contribution in [0.2, 0.25) is 0 Å². The Labute approximate surface area is 178 Å². The molecular weight excluding hydrogens is 386 g/mol. The van der Waals surface area contributed by atoms with Gasteiger partial charge in [0.05, 0.1) is 18.0 Å². The van der Waals surface area contributed by atoms with Crippen molar-refractivity contribution in [2.24, 2.45) is 5.92 Å². The van der Waals surface area contributed by atoms with Crippen molar-refractivity contribution >= 4 is 12.0 Å². The van der Waals surface area contributed by atoms with Crippen molar-refractivity contribution in [3.8, 4) is 0 Å². The predicted molar refractivity (Wildman–Crippen MR) is 111 cm³/mol. The fraction of sp³-hybridized carbons (Fsp3) is 0.810. The summed E-state index contributed by atoms with van der Waals surface area (Å²) in [5, 5.41) is 6.85. The van der Waals surface area contributed by atoms with E-state index in [4.69, 9.17) is 9.26 Å². The van der Waals surface area contributed by atoms with E-state index in [0.717, 1.165) is 38.8 Å². The van der Waals surface area contributed by atoms with Gasteiger partial charge in [-0.1, -0.05) is 18.0 Å². The summed E-state index contributed by atoms with van der Waals surface area (Å²) in [5.74, 6) is 1.13. The summed E-state index contributed by atoms with van der Waals surface area (Å²) in [7, 11) is 0. The molecule has 2 atom stereocenters. The van der Waals surface area contributed by atoms with E-state index in [9.17, 15) is 9.59 Å². The Morgan fingerprint density at radius 1 is 1.23 bits per heavy atom. The molecule has 1 saturated heterocycles. The number of aryl methyl sites for hydroxylation is 1. The Kier molecular flexibility index (Phi) is 6.69. The van der Waals surface area contributed by atoms with Crippen LogP contribution in [0.4, 0.5) is 4.79 Å². The number of nitrogens with zero attached hydrogens (tertiary/aromatic N) is 4. The van der Waals surface area contributed by atoms with Crippen LogP contribution in [0, 0.1) is 12.8 Å². The third-order valence-corrected chi connectivity index (χ3v) is 5.91. The highest BCUT2D eigenvalue weighted by molar-refractivity contribution is 5.81. The third-order valence-electron chi connectivity index (χ3n) is 5.91. The molecule has 0 aromatic carbocycles. The second-order valence-electron chi connectivity index (χ2n) is 9.68. The van der Waals surface area contributed by atoms with Crippen LogP contribution in [-0.4, -0.2) is 69.3 Å². The first kappa shape index (κ1) is 22.5. The molecule has 0 spiro atoms. The lowest BCUT2D eigenvalue weighted by molar-refractivity contribution is -0.141. The minimum atomic E-state index is -0.587. The largest absolute Gasteiger partial charge is 0.444 e. The number of hydrogen-bond acceptors (Lipinski definition) is 7. The number of carbonyl (C=O) groups excluding carboxylic acids is 2. The smallest absolute Gasteiger partial charge is 0.408 e. The second kappa shape index (κ2) is 8.91. The highest BCUT2D eigenvalue weighted by atomic mass is 16.6. The maximum atomic E-state index is 13.4. The SMILES string of the molecule is Cc1noc(CN2CCN(C(=O)[C@@H]3CCCC[C@@]3(C)NC(=O)OC(C)(C)C)CC2)n1. The molecule has 0 unspecified atom stereocenters. The molecule has 168 valence electrons. The van der Waals surface area contributed by atoms with Gasteiger partial charge in [0.2, 0.25) is 11.8 Å². The lowest BCUT2D eigenvalue weighted by atomic mass is 9.73. The molecule has 9 nitrogen and oxygen atoms in total. The summed E-state index contributed by atoms with van der Waals surface area (Å²) in [6.07, 6.45) is 3.10. The minimum Gasteiger partial charge on any atom is -0.444 e. The van der Waals surface area contributed by atoms with Crippen LogP contribution in [-0.2, 0) is 16.1 Å². The van der Waals surface area contributed by atoms with Crippen molar-refractivity contribution in [1.82, 2.24) is 25.3 Å². The highest BCUT2D eigenvalue weighted by Crippen LogP contribution is 2.35. The van der Waals surface area contributed by atoms with Crippen LogP contribution in [0.25, 0.3) is 0 Å². The van der Waals surface area contributed by atoms with Crippen LogP contribution in [0.15, 0.2) is 4.52 Å². The van der Waals surface area contributed by atoms with Crippen molar-refractivity contribution in [2.75, 3.05) is 26.2 Å². The number of carbonyl (C=O) groups is 2. The molecule has 0 radical (unpaired) electrons. The molecule has 1 aromatic rings. The zero-order valence-corrected chi connectivity index (χ0v) is 18.9. The molecule has 2 heterocycles. The van der Waals surface area contributed by atoms with Gasteiger partial charge in [-0.2, -0.15) is 4.98 Å². The van der Waals surface area contributed by atoms with Crippen LogP contribution in [0.5, 0.6) is 0 Å². The second-order valence-corrected chi connectivity index (χ2v) is 9.68. The maximum Gasteiger partial charge on any atom is 0.408 e. The zero-order valence-electron chi connectivity index (χ0n) is 18.9. The van der Waals surface area contributed by atoms with Crippen molar-refractivity contribution < 1.29 is 18.8 Å². The summed E-state index contributed by atoms with van der Waals surface area (Å²) in [4.78, 5) is 34.2.